The van der Waals surface area contributed by atoms with Crippen molar-refractivity contribution in [2.45, 2.75) is 13.0 Å². The zero-order valence-electron chi connectivity index (χ0n) is 9.28. The molecule has 0 saturated carbocycles. The minimum absolute atomic E-state index is 0.357. The van der Waals surface area contributed by atoms with E-state index >= 15 is 0 Å². The van der Waals surface area contributed by atoms with Crippen molar-refractivity contribution in [3.05, 3.63) is 22.7 Å². The molecular formula is C11H12ClNO3. The van der Waals surface area contributed by atoms with Gasteiger partial charge in [-0.15, -0.1) is 0 Å². The molecule has 0 saturated heterocycles. The van der Waals surface area contributed by atoms with Gasteiger partial charge in [-0.2, -0.15) is 4.99 Å². The smallest absolute Gasteiger partial charge is 0.235 e. The highest BCUT2D eigenvalue weighted by molar-refractivity contribution is 6.33. The fraction of sp³-hybridized carbons (Fsp3) is 0.364. The van der Waals surface area contributed by atoms with Crippen LogP contribution < -0.4 is 9.47 Å². The molecule has 0 aliphatic rings. The van der Waals surface area contributed by atoms with Crippen LogP contribution in [-0.2, 0) is 4.79 Å². The number of methoxy groups -OCH3 is 2. The molecule has 0 amide bonds. The van der Waals surface area contributed by atoms with Crippen molar-refractivity contribution in [1.29, 1.82) is 0 Å². The van der Waals surface area contributed by atoms with E-state index in [9.17, 15) is 4.79 Å². The first-order chi connectivity index (χ1) is 7.65. The molecule has 1 aromatic carbocycles. The Balaban J connectivity index is 3.28. The number of rotatable bonds is 4. The summed E-state index contributed by atoms with van der Waals surface area (Å²) in [6.45, 7) is 1.75. The van der Waals surface area contributed by atoms with Gasteiger partial charge in [0.05, 0.1) is 25.3 Å². The summed E-state index contributed by atoms with van der Waals surface area (Å²) < 4.78 is 10.2. The monoisotopic (exact) mass is 241 g/mol. The van der Waals surface area contributed by atoms with Crippen LogP contribution in [-0.4, -0.2) is 20.3 Å². The van der Waals surface area contributed by atoms with Crippen LogP contribution in [0, 0.1) is 0 Å². The number of aliphatic imine (C=N–C) groups is 1. The van der Waals surface area contributed by atoms with E-state index in [4.69, 9.17) is 21.1 Å². The summed E-state index contributed by atoms with van der Waals surface area (Å²) in [6, 6.07) is 3.11. The van der Waals surface area contributed by atoms with E-state index in [0.717, 1.165) is 0 Å². The molecular weight excluding hydrogens is 230 g/mol. The second-order valence-electron chi connectivity index (χ2n) is 3.10. The molecule has 4 nitrogen and oxygen atoms in total. The minimum atomic E-state index is -0.357. The summed E-state index contributed by atoms with van der Waals surface area (Å²) in [6.07, 6.45) is 1.50. The van der Waals surface area contributed by atoms with Crippen LogP contribution in [0.3, 0.4) is 0 Å². The van der Waals surface area contributed by atoms with Crippen LogP contribution in [0.2, 0.25) is 5.02 Å². The molecule has 1 aromatic rings. The summed E-state index contributed by atoms with van der Waals surface area (Å²) in [7, 11) is 3.03. The normalized spacial score (nSPS) is 11.5. The van der Waals surface area contributed by atoms with E-state index in [1.165, 1.54) is 20.3 Å². The summed E-state index contributed by atoms with van der Waals surface area (Å²) in [5.41, 5.74) is 0.697. The first-order valence-corrected chi connectivity index (χ1v) is 5.00. The molecule has 0 heterocycles. The van der Waals surface area contributed by atoms with Crippen molar-refractivity contribution in [3.63, 3.8) is 0 Å². The Kier molecular flexibility index (Phi) is 4.35. The zero-order valence-corrected chi connectivity index (χ0v) is 10.0. The fourth-order valence-corrected chi connectivity index (χ4v) is 1.77. The molecule has 0 radical (unpaired) electrons. The Morgan fingerprint density at radius 3 is 2.56 bits per heavy atom. The number of isocyanates is 1. The van der Waals surface area contributed by atoms with Gasteiger partial charge in [0.15, 0.2) is 11.5 Å². The summed E-state index contributed by atoms with van der Waals surface area (Å²) in [5, 5.41) is 0.397. The average Bonchev–Trinajstić information content (AvgIpc) is 2.28. The van der Waals surface area contributed by atoms with Crippen LogP contribution in [0.25, 0.3) is 0 Å². The molecule has 0 aliphatic heterocycles. The van der Waals surface area contributed by atoms with Crippen LogP contribution in [0.1, 0.15) is 18.5 Å². The van der Waals surface area contributed by atoms with Gasteiger partial charge in [0.1, 0.15) is 0 Å². The first kappa shape index (κ1) is 12.6. The van der Waals surface area contributed by atoms with Crippen molar-refractivity contribution in [3.8, 4) is 11.5 Å². The summed E-state index contributed by atoms with van der Waals surface area (Å²) >= 11 is 6.13. The number of carbonyl (C=O) groups excluding carboxylic acids is 1. The van der Waals surface area contributed by atoms with E-state index in [1.807, 2.05) is 0 Å². The van der Waals surface area contributed by atoms with Crippen LogP contribution in [0.4, 0.5) is 0 Å². The van der Waals surface area contributed by atoms with Crippen LogP contribution >= 0.6 is 11.6 Å². The number of benzene rings is 1. The lowest BCUT2D eigenvalue weighted by Gasteiger charge is -2.14. The molecule has 1 rings (SSSR count). The van der Waals surface area contributed by atoms with E-state index < -0.39 is 0 Å². The molecule has 0 N–H and O–H groups in total. The van der Waals surface area contributed by atoms with Gasteiger partial charge in [0, 0.05) is 0 Å². The van der Waals surface area contributed by atoms with Gasteiger partial charge in [-0.3, -0.25) is 0 Å². The van der Waals surface area contributed by atoms with Crippen molar-refractivity contribution >= 4 is 17.7 Å². The van der Waals surface area contributed by atoms with E-state index in [-0.39, 0.29) is 6.04 Å². The number of halogens is 1. The van der Waals surface area contributed by atoms with Gasteiger partial charge in [-0.25, -0.2) is 4.79 Å². The van der Waals surface area contributed by atoms with Gasteiger partial charge >= 0.3 is 0 Å². The third kappa shape index (κ3) is 2.35. The highest BCUT2D eigenvalue weighted by Gasteiger charge is 2.16. The molecule has 1 unspecified atom stereocenters. The highest BCUT2D eigenvalue weighted by atomic mass is 35.5. The lowest BCUT2D eigenvalue weighted by Crippen LogP contribution is -1.97. The maximum Gasteiger partial charge on any atom is 0.235 e. The molecule has 0 aromatic heterocycles. The van der Waals surface area contributed by atoms with Gasteiger partial charge in [-0.05, 0) is 18.6 Å². The maximum absolute atomic E-state index is 10.2. The second-order valence-corrected chi connectivity index (χ2v) is 3.48. The molecule has 0 aliphatic carbocycles. The second kappa shape index (κ2) is 5.54. The van der Waals surface area contributed by atoms with Crippen LogP contribution in [0.15, 0.2) is 17.1 Å². The van der Waals surface area contributed by atoms with Gasteiger partial charge in [-0.1, -0.05) is 17.7 Å². The van der Waals surface area contributed by atoms with Gasteiger partial charge < -0.3 is 9.47 Å². The number of ether oxygens (including phenoxy) is 2. The number of hydrogen-bond donors (Lipinski definition) is 0. The van der Waals surface area contributed by atoms with Gasteiger partial charge in [0.25, 0.3) is 0 Å². The molecule has 16 heavy (non-hydrogen) atoms. The SMILES string of the molecule is COc1ccc(C(C)N=C=O)c(Cl)c1OC. The van der Waals surface area contributed by atoms with Crippen molar-refractivity contribution in [2.75, 3.05) is 14.2 Å². The average molecular weight is 242 g/mol. The molecule has 0 bridgehead atoms. The van der Waals surface area contributed by atoms with Crippen LogP contribution in [0.5, 0.6) is 11.5 Å². The Bertz CT molecular complexity index is 427. The lowest BCUT2D eigenvalue weighted by atomic mass is 10.1. The molecule has 86 valence electrons. The van der Waals surface area contributed by atoms with Crippen molar-refractivity contribution in [1.82, 2.24) is 0 Å². The Labute approximate surface area is 98.8 Å². The van der Waals surface area contributed by atoms with Crippen molar-refractivity contribution < 1.29 is 14.3 Å². The lowest BCUT2D eigenvalue weighted by molar-refractivity contribution is 0.354. The molecule has 0 spiro atoms. The third-order valence-electron chi connectivity index (χ3n) is 2.21. The minimum Gasteiger partial charge on any atom is -0.493 e. The van der Waals surface area contributed by atoms with E-state index in [2.05, 4.69) is 4.99 Å². The molecule has 5 heteroatoms. The fourth-order valence-electron chi connectivity index (χ4n) is 1.38. The van der Waals surface area contributed by atoms with E-state index in [0.29, 0.717) is 22.1 Å². The quantitative estimate of drug-likeness (QED) is 0.602. The Morgan fingerprint density at radius 2 is 2.06 bits per heavy atom. The largest absolute Gasteiger partial charge is 0.493 e. The molecule has 0 fully saturated rings. The summed E-state index contributed by atoms with van der Waals surface area (Å²) in [5.74, 6) is 0.980. The predicted molar refractivity (Wildman–Crippen MR) is 61.1 cm³/mol. The zero-order chi connectivity index (χ0) is 12.1. The maximum atomic E-state index is 10.2. The molecule has 1 atom stereocenters. The standard InChI is InChI=1S/C11H12ClNO3/c1-7(13-6-14)8-4-5-9(15-2)11(16-3)10(8)12/h4-5,7H,1-3H3. The van der Waals surface area contributed by atoms with E-state index in [1.54, 1.807) is 19.1 Å². The number of nitrogens with zero attached hydrogens (tertiary/aromatic N) is 1. The third-order valence-corrected chi connectivity index (χ3v) is 2.60. The van der Waals surface area contributed by atoms with Gasteiger partial charge in [0.2, 0.25) is 6.08 Å². The summed E-state index contributed by atoms with van der Waals surface area (Å²) in [4.78, 5) is 13.8. The first-order valence-electron chi connectivity index (χ1n) is 4.63. The highest BCUT2D eigenvalue weighted by Crippen LogP contribution is 2.40. The topological polar surface area (TPSA) is 47.9 Å². The Hall–Kier alpha value is -1.51. The number of hydrogen-bond acceptors (Lipinski definition) is 4. The predicted octanol–water partition coefficient (Wildman–Crippen LogP) is 2.75. The van der Waals surface area contributed by atoms with Crippen molar-refractivity contribution in [2.24, 2.45) is 4.99 Å². The Morgan fingerprint density at radius 1 is 1.38 bits per heavy atom.